The molecule has 10 heteroatoms. The molecule has 2 atom stereocenters. The average molecular weight is 511 g/mol. The molecule has 0 aliphatic heterocycles. The summed E-state index contributed by atoms with van der Waals surface area (Å²) in [4.78, 5) is 32.3. The van der Waals surface area contributed by atoms with Crippen LogP contribution in [0.25, 0.3) is 0 Å². The van der Waals surface area contributed by atoms with E-state index < -0.39 is 0 Å². The van der Waals surface area contributed by atoms with Gasteiger partial charge in [0.1, 0.15) is 0 Å². The lowest BCUT2D eigenvalue weighted by molar-refractivity contribution is 0.241. The lowest BCUT2D eigenvalue weighted by Crippen LogP contribution is -2.44. The van der Waals surface area contributed by atoms with Crippen LogP contribution < -0.4 is 32.7 Å². The lowest BCUT2D eigenvalue weighted by Gasteiger charge is -2.15. The molecular formula is C26H54N8O2. The molecule has 0 rings (SSSR count). The number of carbonyl (C=O) groups excluding carboxylic acids is 2. The SMILES string of the molecule is CCCCC(CC)CNC(=O)NC(N)=NCCCCCCN=C(N)NC(=O)NCC(CC)CCCC. The Bertz CT molecular complexity index is 585. The lowest BCUT2D eigenvalue weighted by atomic mass is 9.99. The summed E-state index contributed by atoms with van der Waals surface area (Å²) < 4.78 is 0. The zero-order valence-electron chi connectivity index (χ0n) is 23.3. The average Bonchev–Trinajstić information content (AvgIpc) is 2.85. The molecule has 0 saturated carbocycles. The number of hydrogen-bond donors (Lipinski definition) is 6. The molecule has 0 saturated heterocycles. The first-order chi connectivity index (χ1) is 17.4. The third kappa shape index (κ3) is 19.8. The minimum absolute atomic E-state index is 0.145. The molecule has 2 unspecified atom stereocenters. The van der Waals surface area contributed by atoms with Gasteiger partial charge in [0.25, 0.3) is 0 Å². The molecule has 0 bridgehead atoms. The van der Waals surface area contributed by atoms with Crippen LogP contribution in [0.5, 0.6) is 0 Å². The van der Waals surface area contributed by atoms with Gasteiger partial charge >= 0.3 is 12.1 Å². The fraction of sp³-hybridized carbons (Fsp3) is 0.846. The van der Waals surface area contributed by atoms with Crippen LogP contribution in [-0.2, 0) is 0 Å². The first-order valence-electron chi connectivity index (χ1n) is 14.1. The number of nitrogens with two attached hydrogens (primary N) is 2. The number of aliphatic imine (C=N–C) groups is 2. The second-order valence-electron chi connectivity index (χ2n) is 9.45. The van der Waals surface area contributed by atoms with E-state index in [1.165, 1.54) is 25.7 Å². The fourth-order valence-corrected chi connectivity index (χ4v) is 3.74. The summed E-state index contributed by atoms with van der Waals surface area (Å²) in [6, 6.07) is -0.601. The molecular weight excluding hydrogens is 456 g/mol. The number of nitrogens with zero attached hydrogens (tertiary/aromatic N) is 2. The number of urea groups is 2. The number of rotatable bonds is 19. The Morgan fingerprint density at radius 2 is 1.03 bits per heavy atom. The number of unbranched alkanes of at least 4 members (excludes halogenated alkanes) is 5. The van der Waals surface area contributed by atoms with Crippen molar-refractivity contribution in [2.24, 2.45) is 33.3 Å². The van der Waals surface area contributed by atoms with Gasteiger partial charge in [-0.1, -0.05) is 79.1 Å². The monoisotopic (exact) mass is 510 g/mol. The van der Waals surface area contributed by atoms with Crippen molar-refractivity contribution in [2.75, 3.05) is 26.2 Å². The molecule has 0 radical (unpaired) electrons. The van der Waals surface area contributed by atoms with Gasteiger partial charge in [0, 0.05) is 26.2 Å². The molecule has 210 valence electrons. The van der Waals surface area contributed by atoms with Gasteiger partial charge in [-0.15, -0.1) is 0 Å². The van der Waals surface area contributed by atoms with E-state index in [2.05, 4.69) is 58.9 Å². The van der Waals surface area contributed by atoms with E-state index in [0.29, 0.717) is 38.0 Å². The van der Waals surface area contributed by atoms with E-state index in [4.69, 9.17) is 11.5 Å². The Hall–Kier alpha value is -2.52. The highest BCUT2D eigenvalue weighted by molar-refractivity contribution is 5.95. The van der Waals surface area contributed by atoms with Gasteiger partial charge in [0.15, 0.2) is 11.9 Å². The molecule has 0 heterocycles. The summed E-state index contributed by atoms with van der Waals surface area (Å²) in [5.41, 5.74) is 11.6. The van der Waals surface area contributed by atoms with Crippen molar-refractivity contribution in [1.29, 1.82) is 0 Å². The number of hydrogen-bond acceptors (Lipinski definition) is 4. The van der Waals surface area contributed by atoms with E-state index >= 15 is 0 Å². The predicted octanol–water partition coefficient (Wildman–Crippen LogP) is 4.21. The molecule has 4 amide bonds. The van der Waals surface area contributed by atoms with E-state index in [0.717, 1.165) is 51.4 Å². The quantitative estimate of drug-likeness (QED) is 0.0873. The molecule has 36 heavy (non-hydrogen) atoms. The number of carbonyl (C=O) groups is 2. The van der Waals surface area contributed by atoms with Gasteiger partial charge in [-0.2, -0.15) is 0 Å². The Morgan fingerprint density at radius 1 is 0.639 bits per heavy atom. The maximum atomic E-state index is 12.0. The second-order valence-corrected chi connectivity index (χ2v) is 9.45. The summed E-state index contributed by atoms with van der Waals surface area (Å²) in [5, 5.41) is 10.9. The zero-order chi connectivity index (χ0) is 27.0. The zero-order valence-corrected chi connectivity index (χ0v) is 23.3. The number of amides is 4. The van der Waals surface area contributed by atoms with Crippen molar-refractivity contribution >= 4 is 24.0 Å². The largest absolute Gasteiger partial charge is 0.370 e. The number of guanidine groups is 2. The van der Waals surface area contributed by atoms with Crippen molar-refractivity contribution in [3.63, 3.8) is 0 Å². The van der Waals surface area contributed by atoms with E-state index in [1.807, 2.05) is 0 Å². The normalized spacial score (nSPS) is 13.7. The smallest absolute Gasteiger partial charge is 0.321 e. The van der Waals surface area contributed by atoms with E-state index in [9.17, 15) is 9.59 Å². The van der Waals surface area contributed by atoms with Crippen molar-refractivity contribution in [2.45, 2.75) is 105 Å². The van der Waals surface area contributed by atoms with E-state index in [-0.39, 0.29) is 24.0 Å². The van der Waals surface area contributed by atoms with Crippen LogP contribution in [0.3, 0.4) is 0 Å². The highest BCUT2D eigenvalue weighted by Gasteiger charge is 2.09. The highest BCUT2D eigenvalue weighted by Crippen LogP contribution is 2.11. The minimum atomic E-state index is -0.300. The van der Waals surface area contributed by atoms with Crippen LogP contribution in [0.4, 0.5) is 9.59 Å². The molecule has 0 aromatic heterocycles. The van der Waals surface area contributed by atoms with Gasteiger partial charge in [-0.05, 0) is 37.5 Å². The summed E-state index contributed by atoms with van der Waals surface area (Å²) in [5.74, 6) is 1.28. The van der Waals surface area contributed by atoms with Gasteiger partial charge in [0.2, 0.25) is 0 Å². The van der Waals surface area contributed by atoms with Gasteiger partial charge in [0.05, 0.1) is 0 Å². The van der Waals surface area contributed by atoms with Crippen LogP contribution in [-0.4, -0.2) is 50.2 Å². The molecule has 0 aliphatic carbocycles. The Balaban J connectivity index is 3.91. The Morgan fingerprint density at radius 3 is 1.36 bits per heavy atom. The van der Waals surface area contributed by atoms with Crippen molar-refractivity contribution < 1.29 is 9.59 Å². The molecule has 0 fully saturated rings. The van der Waals surface area contributed by atoms with Gasteiger partial charge < -0.3 is 22.1 Å². The minimum Gasteiger partial charge on any atom is -0.370 e. The third-order valence-electron chi connectivity index (χ3n) is 6.30. The van der Waals surface area contributed by atoms with Gasteiger partial charge in [-0.3, -0.25) is 20.6 Å². The third-order valence-corrected chi connectivity index (χ3v) is 6.30. The molecule has 0 spiro atoms. The Kier molecular flexibility index (Phi) is 21.3. The first-order valence-corrected chi connectivity index (χ1v) is 14.1. The first kappa shape index (κ1) is 33.5. The summed E-state index contributed by atoms with van der Waals surface area (Å²) in [6.07, 6.45) is 12.7. The van der Waals surface area contributed by atoms with E-state index in [1.54, 1.807) is 0 Å². The predicted molar refractivity (Wildman–Crippen MR) is 151 cm³/mol. The maximum Gasteiger partial charge on any atom is 0.321 e. The standard InChI is InChI=1S/C26H54N8O2/c1-5-9-15-21(7-3)19-31-25(35)33-23(27)29-17-13-11-12-14-18-30-24(28)34-26(36)32-20-22(8-4)16-10-6-2/h21-22H,5-20H2,1-4H3,(H4,27,29,31,33,35)(H4,28,30,32,34,36). The number of nitrogens with one attached hydrogen (secondary N) is 4. The van der Waals surface area contributed by atoms with Crippen molar-refractivity contribution in [1.82, 2.24) is 21.3 Å². The highest BCUT2D eigenvalue weighted by atomic mass is 16.2. The molecule has 0 aromatic rings. The van der Waals surface area contributed by atoms with Crippen LogP contribution in [0.2, 0.25) is 0 Å². The van der Waals surface area contributed by atoms with Crippen LogP contribution in [0.15, 0.2) is 9.98 Å². The molecule has 8 N–H and O–H groups in total. The Labute approximate surface area is 219 Å². The van der Waals surface area contributed by atoms with Gasteiger partial charge in [-0.25, -0.2) is 9.59 Å². The van der Waals surface area contributed by atoms with Crippen LogP contribution in [0.1, 0.15) is 105 Å². The fourth-order valence-electron chi connectivity index (χ4n) is 3.74. The molecule has 0 aliphatic rings. The molecule has 10 nitrogen and oxygen atoms in total. The molecule has 0 aromatic carbocycles. The summed E-state index contributed by atoms with van der Waals surface area (Å²) in [6.45, 7) is 11.1. The van der Waals surface area contributed by atoms with Crippen molar-refractivity contribution in [3.05, 3.63) is 0 Å². The van der Waals surface area contributed by atoms with Crippen LogP contribution in [0, 0.1) is 11.8 Å². The summed E-state index contributed by atoms with van der Waals surface area (Å²) in [7, 11) is 0. The second kappa shape index (κ2) is 22.9. The van der Waals surface area contributed by atoms with Crippen LogP contribution >= 0.6 is 0 Å². The summed E-state index contributed by atoms with van der Waals surface area (Å²) >= 11 is 0. The maximum absolute atomic E-state index is 12.0. The van der Waals surface area contributed by atoms with Crippen molar-refractivity contribution in [3.8, 4) is 0 Å². The topological polar surface area (TPSA) is 159 Å².